The zero-order valence-electron chi connectivity index (χ0n) is 57.0. The van der Waals surface area contributed by atoms with Gasteiger partial charge in [-0.1, -0.05) is 304 Å². The maximum absolute atomic E-state index is 13.5. The Bertz CT molecular complexity index is 1870. The van der Waals surface area contributed by atoms with Gasteiger partial charge in [0.25, 0.3) is 0 Å². The van der Waals surface area contributed by atoms with Crippen molar-refractivity contribution in [2.24, 2.45) is 0 Å². The van der Waals surface area contributed by atoms with Crippen molar-refractivity contribution >= 4 is 11.9 Å². The zero-order valence-corrected chi connectivity index (χ0v) is 57.0. The molecule has 11 heteroatoms. The smallest absolute Gasteiger partial charge is 0.306 e. The van der Waals surface area contributed by atoms with E-state index in [-0.39, 0.29) is 19.4 Å². The topological polar surface area (TPSA) is 175 Å². The average molecular weight is 1250 g/mol. The van der Waals surface area contributed by atoms with Crippen LogP contribution in [0.15, 0.2) is 109 Å². The molecule has 0 aliphatic carbocycles. The molecule has 1 saturated heterocycles. The minimum absolute atomic E-state index is 0.0892. The fourth-order valence-electron chi connectivity index (χ4n) is 10.9. The molecule has 1 heterocycles. The summed E-state index contributed by atoms with van der Waals surface area (Å²) in [5, 5.41) is 57.3. The second kappa shape index (κ2) is 64.4. The summed E-state index contributed by atoms with van der Waals surface area (Å²) in [7, 11) is 0. The molecule has 0 spiro atoms. The molecule has 1 aliphatic rings. The van der Waals surface area contributed by atoms with Crippen molar-refractivity contribution in [1.29, 1.82) is 0 Å². The van der Waals surface area contributed by atoms with Crippen LogP contribution < -0.4 is 5.32 Å². The van der Waals surface area contributed by atoms with Gasteiger partial charge in [-0.25, -0.2) is 0 Å². The van der Waals surface area contributed by atoms with E-state index in [1.807, 2.05) is 6.08 Å². The van der Waals surface area contributed by atoms with Crippen LogP contribution in [0.3, 0.4) is 0 Å². The predicted molar refractivity (Wildman–Crippen MR) is 375 cm³/mol. The first kappa shape index (κ1) is 83.3. The second-order valence-electron chi connectivity index (χ2n) is 24.9. The van der Waals surface area contributed by atoms with Crippen LogP contribution in [0.1, 0.15) is 310 Å². The van der Waals surface area contributed by atoms with Crippen LogP contribution in [0.2, 0.25) is 0 Å². The highest BCUT2D eigenvalue weighted by Gasteiger charge is 2.47. The van der Waals surface area contributed by atoms with Crippen molar-refractivity contribution in [3.05, 3.63) is 109 Å². The molecule has 1 amide bonds. The van der Waals surface area contributed by atoms with Gasteiger partial charge < -0.3 is 45.1 Å². The van der Waals surface area contributed by atoms with Gasteiger partial charge in [-0.15, -0.1) is 0 Å². The van der Waals surface area contributed by atoms with E-state index in [9.17, 15) is 35.1 Å². The van der Waals surface area contributed by atoms with Gasteiger partial charge in [-0.05, 0) is 109 Å². The Hall–Kier alpha value is -3.68. The van der Waals surface area contributed by atoms with Crippen molar-refractivity contribution in [2.75, 3.05) is 13.2 Å². The van der Waals surface area contributed by atoms with Gasteiger partial charge in [-0.2, -0.15) is 0 Å². The third-order valence-electron chi connectivity index (χ3n) is 16.7. The third-order valence-corrected chi connectivity index (χ3v) is 16.7. The highest BCUT2D eigenvalue weighted by molar-refractivity contribution is 5.80. The first-order valence-corrected chi connectivity index (χ1v) is 36.7. The number of carbonyl (C=O) groups excluding carboxylic acids is 2. The average Bonchev–Trinajstić information content (AvgIpc) is 3.20. The number of nitrogens with one attached hydrogen (secondary N) is 1. The lowest BCUT2D eigenvalue weighted by Gasteiger charge is -2.41. The number of allylic oxidation sites excluding steroid dienone is 17. The molecule has 0 aromatic heterocycles. The quantitative estimate of drug-likeness (QED) is 0.0195. The summed E-state index contributed by atoms with van der Waals surface area (Å²) in [6.07, 6.45) is 78.4. The van der Waals surface area contributed by atoms with Crippen LogP contribution in [0.25, 0.3) is 0 Å². The normalized spacial score (nSPS) is 18.8. The first-order valence-electron chi connectivity index (χ1n) is 36.7. The van der Waals surface area contributed by atoms with Crippen LogP contribution in [0.4, 0.5) is 0 Å². The van der Waals surface area contributed by atoms with E-state index in [2.05, 4.69) is 123 Å². The molecule has 1 rings (SSSR count). The van der Waals surface area contributed by atoms with Gasteiger partial charge in [0.05, 0.1) is 25.4 Å². The molecule has 8 atom stereocenters. The summed E-state index contributed by atoms with van der Waals surface area (Å²) in [6, 6.07) is -1.04. The van der Waals surface area contributed by atoms with E-state index in [1.165, 1.54) is 154 Å². The number of aliphatic hydroxyl groups is 5. The van der Waals surface area contributed by atoms with E-state index < -0.39 is 67.4 Å². The largest absolute Gasteiger partial charge is 0.454 e. The molecule has 6 N–H and O–H groups in total. The van der Waals surface area contributed by atoms with E-state index in [0.29, 0.717) is 12.8 Å². The Morgan fingerprint density at radius 2 is 0.809 bits per heavy atom. The van der Waals surface area contributed by atoms with Gasteiger partial charge >= 0.3 is 5.97 Å². The van der Waals surface area contributed by atoms with E-state index in [4.69, 9.17) is 14.2 Å². The Morgan fingerprint density at radius 1 is 0.449 bits per heavy atom. The first-order chi connectivity index (χ1) is 43.7. The molecular weight excluding hydrogens is 1110 g/mol. The predicted octanol–water partition coefficient (Wildman–Crippen LogP) is 19.2. The molecule has 0 aromatic rings. The highest BCUT2D eigenvalue weighted by atomic mass is 16.7. The number of hydrogen-bond donors (Lipinski definition) is 6. The number of aliphatic hydroxyl groups excluding tert-OH is 5. The number of unbranched alkanes of at least 4 members (excludes halogenated alkanes) is 32. The van der Waals surface area contributed by atoms with Gasteiger partial charge in [0, 0.05) is 6.42 Å². The van der Waals surface area contributed by atoms with Crippen LogP contribution in [0.5, 0.6) is 0 Å². The van der Waals surface area contributed by atoms with Gasteiger partial charge in [0.2, 0.25) is 5.91 Å². The minimum atomic E-state index is -1.63. The third kappa shape index (κ3) is 51.5. The van der Waals surface area contributed by atoms with E-state index in [0.717, 1.165) is 109 Å². The summed E-state index contributed by atoms with van der Waals surface area (Å²) in [5.41, 5.74) is 0. The van der Waals surface area contributed by atoms with Crippen LogP contribution in [-0.4, -0.2) is 99.6 Å². The zero-order chi connectivity index (χ0) is 64.6. The van der Waals surface area contributed by atoms with Crippen molar-refractivity contribution in [3.63, 3.8) is 0 Å². The molecular formula is C78H135NO10. The summed E-state index contributed by atoms with van der Waals surface area (Å²) < 4.78 is 17.7. The molecule has 0 bridgehead atoms. The lowest BCUT2D eigenvalue weighted by Crippen LogP contribution is -2.61. The lowest BCUT2D eigenvalue weighted by atomic mass is 9.99. The van der Waals surface area contributed by atoms with Crippen LogP contribution >= 0.6 is 0 Å². The maximum atomic E-state index is 13.5. The molecule has 0 radical (unpaired) electrons. The summed E-state index contributed by atoms with van der Waals surface area (Å²) >= 11 is 0. The summed E-state index contributed by atoms with van der Waals surface area (Å²) in [4.78, 5) is 26.7. The number of ether oxygens (including phenoxy) is 3. The van der Waals surface area contributed by atoms with Gasteiger partial charge in [-0.3, -0.25) is 9.59 Å². The lowest BCUT2D eigenvalue weighted by molar-refractivity contribution is -0.305. The maximum Gasteiger partial charge on any atom is 0.306 e. The SMILES string of the molecule is CC/C=C\C/C=C\C/C=C\C/C=C\C/C=C\C/C=C\CCCCCCC(=O)OC1C(OCC(NC(=O)C(O)CCCCCCCCCCCCCCCC/C=C\C/C=C\CCCCC)C(O)/C=C/CCCCCCCCCCCCC)OC(CO)C(O)C1O. The Morgan fingerprint density at radius 3 is 1.24 bits per heavy atom. The molecule has 0 aromatic carbocycles. The number of carbonyl (C=O) groups is 2. The number of hydrogen-bond acceptors (Lipinski definition) is 10. The Balaban J connectivity index is 2.60. The Kier molecular flexibility index (Phi) is 60.3. The van der Waals surface area contributed by atoms with Crippen molar-refractivity contribution in [2.45, 2.75) is 359 Å². The fourth-order valence-corrected chi connectivity index (χ4v) is 10.9. The highest BCUT2D eigenvalue weighted by Crippen LogP contribution is 2.26. The number of esters is 1. The molecule has 512 valence electrons. The van der Waals surface area contributed by atoms with Crippen molar-refractivity contribution in [3.8, 4) is 0 Å². The van der Waals surface area contributed by atoms with Gasteiger partial charge in [0.15, 0.2) is 12.4 Å². The van der Waals surface area contributed by atoms with Crippen LogP contribution in [-0.2, 0) is 23.8 Å². The molecule has 8 unspecified atom stereocenters. The second-order valence-corrected chi connectivity index (χ2v) is 24.9. The molecule has 89 heavy (non-hydrogen) atoms. The summed E-state index contributed by atoms with van der Waals surface area (Å²) in [6.45, 7) is 5.67. The Labute approximate surface area is 545 Å². The molecule has 0 saturated carbocycles. The van der Waals surface area contributed by atoms with Crippen LogP contribution in [0, 0.1) is 0 Å². The van der Waals surface area contributed by atoms with Crippen molar-refractivity contribution in [1.82, 2.24) is 5.32 Å². The summed E-state index contributed by atoms with van der Waals surface area (Å²) in [5.74, 6) is -1.22. The monoisotopic (exact) mass is 1250 g/mol. The fraction of sp³-hybridized carbons (Fsp3) is 0.744. The van der Waals surface area contributed by atoms with Crippen molar-refractivity contribution < 1.29 is 49.3 Å². The number of rotatable bonds is 62. The molecule has 1 fully saturated rings. The van der Waals surface area contributed by atoms with E-state index in [1.54, 1.807) is 6.08 Å². The van der Waals surface area contributed by atoms with Gasteiger partial charge in [0.1, 0.15) is 24.4 Å². The standard InChI is InChI=1S/C78H135NO10/c1-4-7-10-13-16-19-22-25-27-29-31-33-35-37-38-40-42-44-47-50-53-56-59-62-65-71(82)77(86)79-69(70(81)64-61-58-55-52-49-46-24-21-18-15-12-9-6-3)68-87-78-76(75(85)74(84)72(67-80)88-78)89-73(83)66-63-60-57-54-51-48-45-43-41-39-36-34-32-30-28-26-23-20-17-14-11-8-5-2/h8,11,16-17,19-20,25-28,32,34,39,41,45,48,61,64,69-72,74-76,78,80-82,84-85H,4-7,9-10,12-15,18,21-24,29-31,33,35-38,40,42-44,46-47,49-60,62-63,65-68H2,1-3H3,(H,79,86)/b11-8-,19-16-,20-17-,27-25-,28-26-,34-32-,41-39-,48-45-,64-61+. The number of amides is 1. The molecule has 1 aliphatic heterocycles. The molecule has 11 nitrogen and oxygen atoms in total. The van der Waals surface area contributed by atoms with E-state index >= 15 is 0 Å². The minimum Gasteiger partial charge on any atom is -0.454 e.